The van der Waals surface area contributed by atoms with Gasteiger partial charge in [0, 0.05) is 11.6 Å². The zero-order chi connectivity index (χ0) is 22.5. The number of nitrogens with one attached hydrogen (secondary N) is 1. The molecule has 1 N–H and O–H groups in total. The molecule has 1 aliphatic rings. The van der Waals surface area contributed by atoms with E-state index in [-0.39, 0.29) is 13.0 Å². The SMILES string of the molecule is CCOC(=O)c1c(C2CC2)csc1NC(=O)COC(=O)Cc1csc(-c2ccccn2)n1. The van der Waals surface area contributed by atoms with Crippen molar-refractivity contribution in [2.45, 2.75) is 32.1 Å². The van der Waals surface area contributed by atoms with Crippen LogP contribution < -0.4 is 5.32 Å². The van der Waals surface area contributed by atoms with Crippen molar-refractivity contribution in [3.05, 3.63) is 52.0 Å². The van der Waals surface area contributed by atoms with Crippen LogP contribution in [0.2, 0.25) is 0 Å². The molecule has 10 heteroatoms. The summed E-state index contributed by atoms with van der Waals surface area (Å²) in [4.78, 5) is 45.5. The Kier molecular flexibility index (Phi) is 6.91. The maximum Gasteiger partial charge on any atom is 0.341 e. The van der Waals surface area contributed by atoms with Gasteiger partial charge in [-0.15, -0.1) is 22.7 Å². The van der Waals surface area contributed by atoms with Gasteiger partial charge in [-0.3, -0.25) is 14.6 Å². The van der Waals surface area contributed by atoms with Crippen molar-refractivity contribution in [2.24, 2.45) is 0 Å². The first kappa shape index (κ1) is 22.1. The number of hydrogen-bond donors (Lipinski definition) is 1. The maximum absolute atomic E-state index is 12.4. The molecule has 0 bridgehead atoms. The molecule has 0 unspecified atom stereocenters. The first-order chi connectivity index (χ1) is 15.5. The lowest BCUT2D eigenvalue weighted by Gasteiger charge is -2.08. The molecule has 1 amide bonds. The van der Waals surface area contributed by atoms with Gasteiger partial charge in [-0.1, -0.05) is 6.07 Å². The fourth-order valence-electron chi connectivity index (χ4n) is 3.07. The van der Waals surface area contributed by atoms with E-state index in [0.717, 1.165) is 24.1 Å². The quantitative estimate of drug-likeness (QED) is 0.469. The summed E-state index contributed by atoms with van der Waals surface area (Å²) >= 11 is 2.66. The second-order valence-corrected chi connectivity index (χ2v) is 8.87. The van der Waals surface area contributed by atoms with Crippen LogP contribution in [-0.2, 0) is 25.5 Å². The number of rotatable bonds is 9. The Balaban J connectivity index is 1.31. The van der Waals surface area contributed by atoms with Crippen LogP contribution in [0, 0.1) is 0 Å². The molecule has 0 aromatic carbocycles. The Bertz CT molecular complexity index is 1120. The molecule has 0 saturated heterocycles. The highest BCUT2D eigenvalue weighted by molar-refractivity contribution is 7.15. The van der Waals surface area contributed by atoms with E-state index in [1.165, 1.54) is 22.7 Å². The minimum absolute atomic E-state index is 0.0461. The summed E-state index contributed by atoms with van der Waals surface area (Å²) in [7, 11) is 0. The molecule has 3 aromatic heterocycles. The topological polar surface area (TPSA) is 107 Å². The average molecular weight is 472 g/mol. The lowest BCUT2D eigenvalue weighted by atomic mass is 10.1. The summed E-state index contributed by atoms with van der Waals surface area (Å²) in [5.74, 6) is -1.19. The molecular formula is C22H21N3O5S2. The summed E-state index contributed by atoms with van der Waals surface area (Å²) < 4.78 is 10.2. The Hall–Kier alpha value is -3.11. The molecule has 3 heterocycles. The van der Waals surface area contributed by atoms with Crippen LogP contribution in [0.15, 0.2) is 35.2 Å². The maximum atomic E-state index is 12.4. The summed E-state index contributed by atoms with van der Waals surface area (Å²) in [6.45, 7) is 1.54. The molecule has 1 aliphatic carbocycles. The summed E-state index contributed by atoms with van der Waals surface area (Å²) in [6.07, 6.45) is 3.67. The van der Waals surface area contributed by atoms with Crippen LogP contribution in [0.1, 0.15) is 47.3 Å². The second-order valence-electron chi connectivity index (χ2n) is 7.13. The summed E-state index contributed by atoms with van der Waals surface area (Å²) in [5.41, 5.74) is 2.60. The zero-order valence-corrected chi connectivity index (χ0v) is 19.0. The Labute approximate surface area is 192 Å². The lowest BCUT2D eigenvalue weighted by Crippen LogP contribution is -2.22. The predicted octanol–water partition coefficient (Wildman–Crippen LogP) is 4.05. The van der Waals surface area contributed by atoms with Crippen molar-refractivity contribution >= 4 is 45.5 Å². The molecule has 0 aliphatic heterocycles. The van der Waals surface area contributed by atoms with E-state index in [9.17, 15) is 14.4 Å². The van der Waals surface area contributed by atoms with Gasteiger partial charge in [0.25, 0.3) is 5.91 Å². The van der Waals surface area contributed by atoms with Gasteiger partial charge >= 0.3 is 11.9 Å². The van der Waals surface area contributed by atoms with Crippen molar-refractivity contribution in [3.63, 3.8) is 0 Å². The van der Waals surface area contributed by atoms with E-state index >= 15 is 0 Å². The Morgan fingerprint density at radius 1 is 1.16 bits per heavy atom. The van der Waals surface area contributed by atoms with Gasteiger partial charge in [-0.2, -0.15) is 0 Å². The van der Waals surface area contributed by atoms with Gasteiger partial charge in [0.1, 0.15) is 10.0 Å². The molecule has 32 heavy (non-hydrogen) atoms. The number of thiazole rings is 1. The highest BCUT2D eigenvalue weighted by atomic mass is 32.1. The van der Waals surface area contributed by atoms with Crippen LogP contribution in [0.3, 0.4) is 0 Å². The van der Waals surface area contributed by atoms with Gasteiger partial charge < -0.3 is 14.8 Å². The average Bonchev–Trinajstić information content (AvgIpc) is 3.39. The van der Waals surface area contributed by atoms with Gasteiger partial charge in [-0.25, -0.2) is 9.78 Å². The number of aromatic nitrogens is 2. The van der Waals surface area contributed by atoms with Gasteiger partial charge in [0.15, 0.2) is 6.61 Å². The molecule has 166 valence electrons. The van der Waals surface area contributed by atoms with Crippen LogP contribution in [0.4, 0.5) is 5.00 Å². The number of carbonyl (C=O) groups excluding carboxylic acids is 3. The summed E-state index contributed by atoms with van der Waals surface area (Å²) in [5, 5.41) is 7.46. The molecule has 0 atom stereocenters. The van der Waals surface area contributed by atoms with E-state index in [1.807, 2.05) is 23.6 Å². The van der Waals surface area contributed by atoms with Crippen LogP contribution in [0.25, 0.3) is 10.7 Å². The van der Waals surface area contributed by atoms with Crippen molar-refractivity contribution in [1.29, 1.82) is 0 Å². The molecule has 1 saturated carbocycles. The number of esters is 2. The van der Waals surface area contributed by atoms with Gasteiger partial charge in [-0.05, 0) is 48.8 Å². The van der Waals surface area contributed by atoms with Crippen molar-refractivity contribution in [3.8, 4) is 10.7 Å². The van der Waals surface area contributed by atoms with Gasteiger partial charge in [0.2, 0.25) is 0 Å². The highest BCUT2D eigenvalue weighted by Crippen LogP contribution is 2.46. The van der Waals surface area contributed by atoms with E-state index in [0.29, 0.717) is 27.2 Å². The largest absolute Gasteiger partial charge is 0.462 e. The van der Waals surface area contributed by atoms with Gasteiger partial charge in [0.05, 0.1) is 30.0 Å². The minimum atomic E-state index is -0.562. The van der Waals surface area contributed by atoms with Crippen LogP contribution >= 0.6 is 22.7 Å². The molecule has 0 radical (unpaired) electrons. The smallest absolute Gasteiger partial charge is 0.341 e. The molecule has 3 aromatic rings. The predicted molar refractivity (Wildman–Crippen MR) is 121 cm³/mol. The van der Waals surface area contributed by atoms with E-state index < -0.39 is 24.5 Å². The third-order valence-corrected chi connectivity index (χ3v) is 6.52. The third-order valence-electron chi connectivity index (χ3n) is 4.69. The van der Waals surface area contributed by atoms with Crippen LogP contribution in [0.5, 0.6) is 0 Å². The number of carbonyl (C=O) groups is 3. The fourth-order valence-corrected chi connectivity index (χ4v) is 4.92. The van der Waals surface area contributed by atoms with Crippen molar-refractivity contribution in [1.82, 2.24) is 9.97 Å². The van der Waals surface area contributed by atoms with Crippen molar-refractivity contribution < 1.29 is 23.9 Å². The molecule has 4 rings (SSSR count). The number of amides is 1. The fraction of sp³-hybridized carbons (Fsp3) is 0.318. The van der Waals surface area contributed by atoms with E-state index in [2.05, 4.69) is 15.3 Å². The number of thiophene rings is 1. The first-order valence-corrected chi connectivity index (χ1v) is 11.9. The zero-order valence-electron chi connectivity index (χ0n) is 17.3. The first-order valence-electron chi connectivity index (χ1n) is 10.1. The van der Waals surface area contributed by atoms with E-state index in [4.69, 9.17) is 9.47 Å². The Morgan fingerprint density at radius 2 is 2.00 bits per heavy atom. The second kappa shape index (κ2) is 10.0. The normalized spacial score (nSPS) is 12.9. The molecule has 8 nitrogen and oxygen atoms in total. The highest BCUT2D eigenvalue weighted by Gasteiger charge is 2.32. The number of anilines is 1. The lowest BCUT2D eigenvalue weighted by molar-refractivity contribution is -0.146. The number of ether oxygens (including phenoxy) is 2. The number of hydrogen-bond acceptors (Lipinski definition) is 9. The monoisotopic (exact) mass is 471 g/mol. The Morgan fingerprint density at radius 3 is 2.72 bits per heavy atom. The molecular weight excluding hydrogens is 450 g/mol. The minimum Gasteiger partial charge on any atom is -0.462 e. The standard InChI is InChI=1S/C22H21N3O5S2/c1-2-29-22(28)19-15(13-6-7-13)12-32-21(19)25-17(26)10-30-18(27)9-14-11-31-20(24-14)16-5-3-4-8-23-16/h3-5,8,11-13H,2,6-7,9-10H2,1H3,(H,25,26). The molecule has 1 fully saturated rings. The summed E-state index contributed by atoms with van der Waals surface area (Å²) in [6, 6.07) is 5.53. The number of nitrogens with zero attached hydrogens (tertiary/aromatic N) is 2. The van der Waals surface area contributed by atoms with Crippen LogP contribution in [-0.4, -0.2) is 41.0 Å². The van der Waals surface area contributed by atoms with Crippen molar-refractivity contribution in [2.75, 3.05) is 18.5 Å². The third kappa shape index (κ3) is 5.38. The van der Waals surface area contributed by atoms with E-state index in [1.54, 1.807) is 18.5 Å². The number of pyridine rings is 1. The molecule has 0 spiro atoms.